The molecule has 1 aliphatic heterocycles. The summed E-state index contributed by atoms with van der Waals surface area (Å²) in [5.41, 5.74) is 2.14. The van der Waals surface area contributed by atoms with Gasteiger partial charge in [-0.05, 0) is 35.2 Å². The molecule has 2 aromatic carbocycles. The van der Waals surface area contributed by atoms with Gasteiger partial charge in [0.2, 0.25) is 5.91 Å². The highest BCUT2D eigenvalue weighted by Gasteiger charge is 2.47. The average molecular weight is 412 g/mol. The molecule has 6 heteroatoms. The summed E-state index contributed by atoms with van der Waals surface area (Å²) in [6.45, 7) is 3.31. The zero-order valence-electron chi connectivity index (χ0n) is 17.4. The molecule has 1 aliphatic carbocycles. The topological polar surface area (TPSA) is 65.1 Å². The Hall–Kier alpha value is -3.41. The molecule has 1 N–H and O–H groups in total. The van der Waals surface area contributed by atoms with Gasteiger partial charge in [0, 0.05) is 37.8 Å². The van der Waals surface area contributed by atoms with Crippen molar-refractivity contribution in [2.45, 2.75) is 19.3 Å². The van der Waals surface area contributed by atoms with Gasteiger partial charge in [-0.2, -0.15) is 0 Å². The monoisotopic (exact) mass is 411 g/mol. The maximum atomic E-state index is 13.3. The number of benzene rings is 2. The van der Waals surface area contributed by atoms with Gasteiger partial charge in [0.05, 0.1) is 11.8 Å². The molecule has 1 saturated heterocycles. The quantitative estimate of drug-likeness (QED) is 0.557. The third-order valence-corrected chi connectivity index (χ3v) is 6.80. The van der Waals surface area contributed by atoms with E-state index in [0.29, 0.717) is 6.42 Å². The molecule has 1 spiro atoms. The Labute approximate surface area is 180 Å². The fourth-order valence-corrected chi connectivity index (χ4v) is 4.89. The molecule has 0 unspecified atom stereocenters. The molecule has 4 aromatic rings. The van der Waals surface area contributed by atoms with E-state index in [1.54, 1.807) is 6.33 Å². The van der Waals surface area contributed by atoms with E-state index in [4.69, 9.17) is 0 Å². The van der Waals surface area contributed by atoms with Crippen LogP contribution < -0.4 is 4.90 Å². The van der Waals surface area contributed by atoms with Crippen LogP contribution in [-0.2, 0) is 11.2 Å². The number of anilines is 1. The number of hydrogen-bond acceptors (Lipinski definition) is 4. The molecule has 0 atom stereocenters. The van der Waals surface area contributed by atoms with Crippen LogP contribution in [0, 0.1) is 5.41 Å². The molecule has 0 radical (unpaired) electrons. The number of amides is 1. The van der Waals surface area contributed by atoms with Gasteiger partial charge in [-0.15, -0.1) is 0 Å². The summed E-state index contributed by atoms with van der Waals surface area (Å²) in [7, 11) is 0. The van der Waals surface area contributed by atoms with Crippen molar-refractivity contribution in [2.24, 2.45) is 5.41 Å². The molecular weight excluding hydrogens is 386 g/mol. The van der Waals surface area contributed by atoms with Crippen molar-refractivity contribution in [1.82, 2.24) is 19.9 Å². The first-order valence-corrected chi connectivity index (χ1v) is 11.0. The zero-order chi connectivity index (χ0) is 20.8. The second kappa shape index (κ2) is 7.08. The number of nitrogens with zero attached hydrogens (tertiary/aromatic N) is 4. The van der Waals surface area contributed by atoms with Gasteiger partial charge in [-0.1, -0.05) is 42.5 Å². The summed E-state index contributed by atoms with van der Waals surface area (Å²) < 4.78 is 0. The number of carbonyl (C=O) groups is 1. The van der Waals surface area contributed by atoms with E-state index in [0.717, 1.165) is 48.6 Å². The second-order valence-electron chi connectivity index (χ2n) is 9.03. The first-order valence-electron chi connectivity index (χ1n) is 11.0. The summed E-state index contributed by atoms with van der Waals surface area (Å²) in [5, 5.41) is 3.45. The molecule has 0 bridgehead atoms. The van der Waals surface area contributed by atoms with Crippen molar-refractivity contribution in [1.29, 1.82) is 0 Å². The average Bonchev–Trinajstić information content (AvgIpc) is 3.43. The van der Waals surface area contributed by atoms with Gasteiger partial charge in [-0.25, -0.2) is 9.97 Å². The number of aromatic nitrogens is 3. The summed E-state index contributed by atoms with van der Waals surface area (Å²) in [4.78, 5) is 29.8. The number of nitrogens with one attached hydrogen (secondary N) is 1. The van der Waals surface area contributed by atoms with Crippen molar-refractivity contribution < 1.29 is 4.79 Å². The molecule has 2 aromatic heterocycles. The molecule has 2 aliphatic rings. The molecule has 156 valence electrons. The lowest BCUT2D eigenvalue weighted by Gasteiger charge is -2.25. The van der Waals surface area contributed by atoms with Crippen LogP contribution in [0.2, 0.25) is 0 Å². The first-order chi connectivity index (χ1) is 15.2. The van der Waals surface area contributed by atoms with Crippen LogP contribution in [0.3, 0.4) is 0 Å². The van der Waals surface area contributed by atoms with E-state index >= 15 is 0 Å². The number of rotatable bonds is 3. The summed E-state index contributed by atoms with van der Waals surface area (Å²) >= 11 is 0. The predicted octanol–water partition coefficient (Wildman–Crippen LogP) is 3.78. The molecule has 1 amide bonds. The summed E-state index contributed by atoms with van der Waals surface area (Å²) in [6, 6.07) is 16.7. The van der Waals surface area contributed by atoms with E-state index < -0.39 is 0 Å². The van der Waals surface area contributed by atoms with Gasteiger partial charge in [0.1, 0.15) is 17.8 Å². The lowest BCUT2D eigenvalue weighted by molar-refractivity contribution is -0.130. The highest BCUT2D eigenvalue weighted by Crippen LogP contribution is 2.48. The van der Waals surface area contributed by atoms with Crippen molar-refractivity contribution in [3.8, 4) is 0 Å². The minimum absolute atomic E-state index is 0.198. The number of H-pyrrole nitrogens is 1. The lowest BCUT2D eigenvalue weighted by Crippen LogP contribution is -2.37. The summed E-state index contributed by atoms with van der Waals surface area (Å²) in [5.74, 6) is 1.19. The number of aromatic amines is 1. The van der Waals surface area contributed by atoms with Crippen LogP contribution >= 0.6 is 0 Å². The Morgan fingerprint density at radius 1 is 1.00 bits per heavy atom. The van der Waals surface area contributed by atoms with E-state index in [9.17, 15) is 4.79 Å². The number of fused-ring (bicyclic) bond motifs is 2. The standard InChI is InChI=1S/C25H25N5O/c31-22(14-18-5-6-19-3-1-2-4-20(19)13-18)29-11-12-30(16-25(15-29)8-9-25)24-21-7-10-26-23(21)27-17-28-24/h1-7,10,13,17H,8-9,11-12,14-16H2,(H,26,27,28). The fourth-order valence-electron chi connectivity index (χ4n) is 4.89. The third kappa shape index (κ3) is 3.42. The van der Waals surface area contributed by atoms with E-state index in [1.165, 1.54) is 23.6 Å². The van der Waals surface area contributed by atoms with Crippen LogP contribution in [0.25, 0.3) is 21.8 Å². The van der Waals surface area contributed by atoms with Crippen molar-refractivity contribution in [3.63, 3.8) is 0 Å². The van der Waals surface area contributed by atoms with Crippen molar-refractivity contribution >= 4 is 33.5 Å². The fraction of sp³-hybridized carbons (Fsp3) is 0.320. The van der Waals surface area contributed by atoms with Crippen LogP contribution in [-0.4, -0.2) is 51.9 Å². The Morgan fingerprint density at radius 3 is 2.74 bits per heavy atom. The SMILES string of the molecule is O=C(Cc1ccc2ccccc2c1)N1CCN(c2ncnc3[nH]ccc23)CC2(CC2)C1. The van der Waals surface area contributed by atoms with E-state index in [-0.39, 0.29) is 11.3 Å². The van der Waals surface area contributed by atoms with Crippen molar-refractivity contribution in [3.05, 3.63) is 66.6 Å². The first kappa shape index (κ1) is 18.4. The second-order valence-corrected chi connectivity index (χ2v) is 9.03. The number of carbonyl (C=O) groups excluding carboxylic acids is 1. The minimum Gasteiger partial charge on any atom is -0.354 e. The molecular formula is C25H25N5O. The van der Waals surface area contributed by atoms with Crippen LogP contribution in [0.1, 0.15) is 18.4 Å². The van der Waals surface area contributed by atoms with Gasteiger partial charge in [-0.3, -0.25) is 4.79 Å². The molecule has 2 fully saturated rings. The molecule has 1 saturated carbocycles. The maximum absolute atomic E-state index is 13.3. The lowest BCUT2D eigenvalue weighted by atomic mass is 10.0. The van der Waals surface area contributed by atoms with Crippen LogP contribution in [0.15, 0.2) is 61.1 Å². The number of hydrogen-bond donors (Lipinski definition) is 1. The van der Waals surface area contributed by atoms with Crippen LogP contribution in [0.4, 0.5) is 5.82 Å². The van der Waals surface area contributed by atoms with Crippen LogP contribution in [0.5, 0.6) is 0 Å². The Kier molecular flexibility index (Phi) is 4.19. The largest absolute Gasteiger partial charge is 0.354 e. The van der Waals surface area contributed by atoms with Gasteiger partial charge in [0.25, 0.3) is 0 Å². The Morgan fingerprint density at radius 2 is 1.87 bits per heavy atom. The molecule has 6 nitrogen and oxygen atoms in total. The smallest absolute Gasteiger partial charge is 0.227 e. The highest BCUT2D eigenvalue weighted by molar-refractivity contribution is 5.88. The third-order valence-electron chi connectivity index (χ3n) is 6.80. The Balaban J connectivity index is 1.23. The molecule has 6 rings (SSSR count). The van der Waals surface area contributed by atoms with Gasteiger partial charge >= 0.3 is 0 Å². The molecule has 31 heavy (non-hydrogen) atoms. The predicted molar refractivity (Wildman–Crippen MR) is 122 cm³/mol. The maximum Gasteiger partial charge on any atom is 0.227 e. The minimum atomic E-state index is 0.198. The molecule has 3 heterocycles. The normalized spacial score (nSPS) is 17.9. The van der Waals surface area contributed by atoms with Gasteiger partial charge < -0.3 is 14.8 Å². The van der Waals surface area contributed by atoms with E-state index in [2.05, 4.69) is 55.1 Å². The van der Waals surface area contributed by atoms with E-state index in [1.807, 2.05) is 24.4 Å². The van der Waals surface area contributed by atoms with Gasteiger partial charge in [0.15, 0.2) is 0 Å². The Bertz CT molecular complexity index is 1280. The summed E-state index contributed by atoms with van der Waals surface area (Å²) in [6.07, 6.45) is 6.33. The highest BCUT2D eigenvalue weighted by atomic mass is 16.2. The van der Waals surface area contributed by atoms with Crippen molar-refractivity contribution in [2.75, 3.05) is 31.1 Å². The zero-order valence-corrected chi connectivity index (χ0v) is 17.4.